The van der Waals surface area contributed by atoms with E-state index >= 15 is 0 Å². The molecule has 1 aliphatic heterocycles. The van der Waals surface area contributed by atoms with Gasteiger partial charge in [-0.1, -0.05) is 54.1 Å². The Morgan fingerprint density at radius 2 is 1.79 bits per heavy atom. The quantitative estimate of drug-likeness (QED) is 0.0598. The number of hydrogen-bond acceptors (Lipinski definition) is 6. The molecule has 1 aliphatic rings. The van der Waals surface area contributed by atoms with Crippen molar-refractivity contribution in [2.45, 2.75) is 45.6 Å². The monoisotopic (exact) mass is 601 g/mol. The van der Waals surface area contributed by atoms with Crippen molar-refractivity contribution < 1.29 is 18.2 Å². The smallest absolute Gasteiger partial charge is 0.426 e. The summed E-state index contributed by atoms with van der Waals surface area (Å²) in [5.74, 6) is 0.333. The molecule has 0 unspecified atom stereocenters. The first-order valence-corrected chi connectivity index (χ1v) is 16.0. The third-order valence-electron chi connectivity index (χ3n) is 7.24. The van der Waals surface area contributed by atoms with E-state index in [0.29, 0.717) is 39.2 Å². The van der Waals surface area contributed by atoms with Crippen LogP contribution in [0.15, 0.2) is 99.8 Å². The topological polar surface area (TPSA) is 56.5 Å². The fourth-order valence-corrected chi connectivity index (χ4v) is 7.17. The standard InChI is InChI=1S/C32H30BF2N3O2S2/c1-5-25-20(2)31(37-22(25)4)30(23-11-7-6-8-12-23)32-21(3)26-15-14-24(19-27(26)38(32)33(34)35)40-29(39)16-18-41-42-28-13-9-10-17-36-28/h6-15,17,19H,5,16,18H2,1-4H3/b31-30-. The zero-order chi connectivity index (χ0) is 29.8. The van der Waals surface area contributed by atoms with E-state index in [4.69, 9.17) is 9.73 Å². The zero-order valence-electron chi connectivity index (χ0n) is 23.9. The number of fused-ring (bicyclic) bond motifs is 1. The summed E-state index contributed by atoms with van der Waals surface area (Å²) in [4.78, 5) is 21.7. The molecule has 2 aromatic heterocycles. The summed E-state index contributed by atoms with van der Waals surface area (Å²) < 4.78 is 36.6. The Kier molecular flexibility index (Phi) is 9.33. The summed E-state index contributed by atoms with van der Waals surface area (Å²) in [5, 5.41) is 1.53. The van der Waals surface area contributed by atoms with E-state index in [0.717, 1.165) is 38.3 Å². The van der Waals surface area contributed by atoms with Crippen molar-refractivity contribution in [1.82, 2.24) is 9.46 Å². The van der Waals surface area contributed by atoms with Crippen LogP contribution in [-0.4, -0.2) is 34.3 Å². The van der Waals surface area contributed by atoms with Gasteiger partial charge in [-0.3, -0.25) is 18.4 Å². The third-order valence-corrected chi connectivity index (χ3v) is 9.51. The number of carbonyl (C=O) groups excluding carboxylic acids is 1. The molecule has 0 saturated carbocycles. The number of aromatic nitrogens is 2. The predicted molar refractivity (Wildman–Crippen MR) is 171 cm³/mol. The highest BCUT2D eigenvalue weighted by molar-refractivity contribution is 8.76. The number of nitrogens with zero attached hydrogens (tertiary/aromatic N) is 3. The van der Waals surface area contributed by atoms with Gasteiger partial charge in [-0.05, 0) is 84.5 Å². The lowest BCUT2D eigenvalue weighted by Gasteiger charge is -2.16. The van der Waals surface area contributed by atoms with Crippen LogP contribution < -0.4 is 4.74 Å². The van der Waals surface area contributed by atoms with Crippen molar-refractivity contribution in [3.63, 3.8) is 0 Å². The molecule has 0 spiro atoms. The number of rotatable bonds is 10. The lowest BCUT2D eigenvalue weighted by molar-refractivity contribution is -0.133. The van der Waals surface area contributed by atoms with E-state index in [1.807, 2.05) is 69.3 Å². The summed E-state index contributed by atoms with van der Waals surface area (Å²) in [6.07, 6.45) is 2.70. The van der Waals surface area contributed by atoms with E-state index in [1.54, 1.807) is 18.3 Å². The number of benzene rings is 2. The number of aliphatic imine (C=N–C) groups is 1. The van der Waals surface area contributed by atoms with Crippen LogP contribution in [0.1, 0.15) is 50.4 Å². The molecule has 42 heavy (non-hydrogen) atoms. The number of carbonyl (C=O) groups is 1. The van der Waals surface area contributed by atoms with E-state index in [2.05, 4.69) is 11.9 Å². The summed E-state index contributed by atoms with van der Waals surface area (Å²) in [6.45, 7) is 7.90. The van der Waals surface area contributed by atoms with Crippen molar-refractivity contribution in [3.8, 4) is 5.75 Å². The lowest BCUT2D eigenvalue weighted by Crippen LogP contribution is -2.17. The minimum Gasteiger partial charge on any atom is -0.426 e. The average molecular weight is 602 g/mol. The first-order valence-electron chi connectivity index (χ1n) is 13.7. The molecule has 0 radical (unpaired) electrons. The van der Waals surface area contributed by atoms with Gasteiger partial charge in [0.15, 0.2) is 0 Å². The average Bonchev–Trinajstić information content (AvgIpc) is 3.43. The molecule has 214 valence electrons. The van der Waals surface area contributed by atoms with Crippen LogP contribution in [0.25, 0.3) is 16.5 Å². The highest BCUT2D eigenvalue weighted by atomic mass is 33.1. The molecule has 4 aromatic rings. The number of ether oxygens (including phenoxy) is 1. The van der Waals surface area contributed by atoms with Gasteiger partial charge in [0.1, 0.15) is 10.8 Å². The number of pyridine rings is 1. The summed E-state index contributed by atoms with van der Waals surface area (Å²) in [6, 6.07) is 20.2. The Morgan fingerprint density at radius 3 is 2.45 bits per heavy atom. The fourth-order valence-electron chi connectivity index (χ4n) is 5.32. The summed E-state index contributed by atoms with van der Waals surface area (Å²) >= 11 is 0. The van der Waals surface area contributed by atoms with Crippen molar-refractivity contribution in [2.24, 2.45) is 4.99 Å². The van der Waals surface area contributed by atoms with E-state index < -0.39 is 13.4 Å². The summed E-state index contributed by atoms with van der Waals surface area (Å²) in [7, 11) is 0.162. The fraction of sp³-hybridized carbons (Fsp3) is 0.219. The second-order valence-corrected chi connectivity index (χ2v) is 12.3. The Hall–Kier alpha value is -3.63. The zero-order valence-corrected chi connectivity index (χ0v) is 25.5. The van der Waals surface area contributed by atoms with Crippen LogP contribution in [-0.2, 0) is 4.79 Å². The molecule has 5 nitrogen and oxygen atoms in total. The van der Waals surface area contributed by atoms with Crippen LogP contribution in [0, 0.1) is 6.92 Å². The predicted octanol–water partition coefficient (Wildman–Crippen LogP) is 8.81. The van der Waals surface area contributed by atoms with Crippen LogP contribution in [0.2, 0.25) is 0 Å². The highest BCUT2D eigenvalue weighted by Gasteiger charge is 2.31. The molecule has 3 heterocycles. The molecule has 5 rings (SSSR count). The van der Waals surface area contributed by atoms with Crippen LogP contribution in [0.5, 0.6) is 5.75 Å². The molecule has 0 atom stereocenters. The largest absolute Gasteiger partial charge is 0.678 e. The molecule has 0 saturated heterocycles. The van der Waals surface area contributed by atoms with Crippen molar-refractivity contribution in [3.05, 3.63) is 107 Å². The molecule has 10 heteroatoms. The number of esters is 1. The maximum absolute atomic E-state index is 15.0. The normalized spacial score (nSPS) is 14.4. The van der Waals surface area contributed by atoms with Crippen molar-refractivity contribution >= 4 is 57.1 Å². The van der Waals surface area contributed by atoms with Crippen molar-refractivity contribution in [1.29, 1.82) is 0 Å². The summed E-state index contributed by atoms with van der Waals surface area (Å²) in [5.41, 5.74) is 6.61. The molecular weight excluding hydrogens is 571 g/mol. The van der Waals surface area contributed by atoms with Gasteiger partial charge in [-0.25, -0.2) is 4.98 Å². The minimum absolute atomic E-state index is 0.176. The molecule has 0 aliphatic carbocycles. The number of halogens is 2. The second-order valence-electron chi connectivity index (χ2n) is 9.84. The van der Waals surface area contributed by atoms with Gasteiger partial charge in [-0.15, -0.1) is 0 Å². The number of aryl methyl sites for hydroxylation is 1. The second kappa shape index (κ2) is 13.1. The van der Waals surface area contributed by atoms with E-state index in [-0.39, 0.29) is 12.2 Å². The molecule has 0 fully saturated rings. The van der Waals surface area contributed by atoms with Crippen LogP contribution in [0.4, 0.5) is 8.63 Å². The van der Waals surface area contributed by atoms with Gasteiger partial charge in [0.25, 0.3) is 0 Å². The van der Waals surface area contributed by atoms with Crippen LogP contribution in [0.3, 0.4) is 0 Å². The Balaban J connectivity index is 1.51. The first-order chi connectivity index (χ1) is 20.3. The SMILES string of the molecule is CCC1=C(C)/C(=C(\c2ccccc2)c2c(C)c3ccc(OC(=O)CCSSc4ccccn4)cc3n2B(F)F)N=C1C. The van der Waals surface area contributed by atoms with Crippen molar-refractivity contribution in [2.75, 3.05) is 5.75 Å². The van der Waals surface area contributed by atoms with E-state index in [1.165, 1.54) is 27.7 Å². The maximum atomic E-state index is 15.0. The third kappa shape index (κ3) is 6.10. The van der Waals surface area contributed by atoms with E-state index in [9.17, 15) is 13.4 Å². The van der Waals surface area contributed by atoms with Crippen LogP contribution >= 0.6 is 21.6 Å². The Labute approximate surface area is 252 Å². The van der Waals surface area contributed by atoms with Gasteiger partial charge in [0, 0.05) is 45.9 Å². The Morgan fingerprint density at radius 1 is 1.02 bits per heavy atom. The van der Waals surface area contributed by atoms with Gasteiger partial charge < -0.3 is 9.21 Å². The lowest BCUT2D eigenvalue weighted by atomic mass is 9.93. The first kappa shape index (κ1) is 29.9. The maximum Gasteiger partial charge on any atom is 0.678 e. The number of allylic oxidation sites excluding steroid dienone is 2. The van der Waals surface area contributed by atoms with Gasteiger partial charge >= 0.3 is 13.4 Å². The van der Waals surface area contributed by atoms with Gasteiger partial charge in [0.2, 0.25) is 0 Å². The molecular formula is C32H30BF2N3O2S2. The molecule has 0 N–H and O–H groups in total. The molecule has 0 amide bonds. The van der Waals surface area contributed by atoms with Gasteiger partial charge in [0.05, 0.1) is 12.1 Å². The highest BCUT2D eigenvalue weighted by Crippen LogP contribution is 2.42. The molecule has 2 aromatic carbocycles. The Bertz CT molecular complexity index is 1720. The number of hydrogen-bond donors (Lipinski definition) is 0. The van der Waals surface area contributed by atoms with Gasteiger partial charge in [-0.2, -0.15) is 0 Å². The molecule has 0 bridgehead atoms. The minimum atomic E-state index is -2.83.